The molecule has 0 atom stereocenters. The highest BCUT2D eigenvalue weighted by Gasteiger charge is 2.29. The SMILES string of the molecule is Clc1ccc(-n2c(CCOCc3ccccc3)nnc2C2CCC(Oc3ccccn3)CC2)cc1. The summed E-state index contributed by atoms with van der Waals surface area (Å²) in [5, 5.41) is 9.95. The number of halogens is 1. The fourth-order valence-electron chi connectivity index (χ4n) is 4.58. The predicted octanol–water partition coefficient (Wildman–Crippen LogP) is 6.18. The number of rotatable bonds is 9. The molecule has 2 aromatic heterocycles. The van der Waals surface area contributed by atoms with Crippen molar-refractivity contribution in [3.8, 4) is 11.6 Å². The van der Waals surface area contributed by atoms with E-state index in [9.17, 15) is 0 Å². The van der Waals surface area contributed by atoms with Gasteiger partial charge in [0.1, 0.15) is 17.8 Å². The van der Waals surface area contributed by atoms with Gasteiger partial charge in [-0.05, 0) is 61.6 Å². The molecule has 0 N–H and O–H groups in total. The first kappa shape index (κ1) is 23.5. The second-order valence-corrected chi connectivity index (χ2v) is 9.27. The smallest absolute Gasteiger partial charge is 0.213 e. The Morgan fingerprint density at radius 2 is 1.63 bits per heavy atom. The first-order valence-corrected chi connectivity index (χ1v) is 12.5. The molecule has 4 aromatic rings. The first-order valence-electron chi connectivity index (χ1n) is 12.2. The Kier molecular flexibility index (Phi) is 7.71. The van der Waals surface area contributed by atoms with E-state index < -0.39 is 0 Å². The van der Waals surface area contributed by atoms with Crippen LogP contribution < -0.4 is 4.74 Å². The Labute approximate surface area is 210 Å². The monoisotopic (exact) mass is 488 g/mol. The second kappa shape index (κ2) is 11.5. The number of nitrogens with zero attached hydrogens (tertiary/aromatic N) is 4. The van der Waals surface area contributed by atoms with E-state index in [1.807, 2.05) is 60.7 Å². The second-order valence-electron chi connectivity index (χ2n) is 8.83. The molecule has 0 spiro atoms. The van der Waals surface area contributed by atoms with Gasteiger partial charge in [0.15, 0.2) is 0 Å². The van der Waals surface area contributed by atoms with Crippen molar-refractivity contribution in [3.63, 3.8) is 0 Å². The molecule has 2 aromatic carbocycles. The van der Waals surface area contributed by atoms with Crippen LogP contribution in [-0.4, -0.2) is 32.5 Å². The summed E-state index contributed by atoms with van der Waals surface area (Å²) < 4.78 is 14.2. The lowest BCUT2D eigenvalue weighted by Gasteiger charge is -2.28. The van der Waals surface area contributed by atoms with Crippen molar-refractivity contribution < 1.29 is 9.47 Å². The topological polar surface area (TPSA) is 62.1 Å². The Hall–Kier alpha value is -3.22. The van der Waals surface area contributed by atoms with Crippen LogP contribution in [0.4, 0.5) is 0 Å². The Morgan fingerprint density at radius 1 is 0.857 bits per heavy atom. The molecule has 0 unspecified atom stereocenters. The third-order valence-electron chi connectivity index (χ3n) is 6.39. The van der Waals surface area contributed by atoms with Gasteiger partial charge in [0.05, 0.1) is 13.2 Å². The maximum atomic E-state index is 6.16. The van der Waals surface area contributed by atoms with E-state index in [1.165, 1.54) is 0 Å². The maximum Gasteiger partial charge on any atom is 0.213 e. The van der Waals surface area contributed by atoms with E-state index in [2.05, 4.69) is 31.9 Å². The summed E-state index contributed by atoms with van der Waals surface area (Å²) in [6.07, 6.45) is 6.54. The largest absolute Gasteiger partial charge is 0.474 e. The molecule has 1 aliphatic rings. The van der Waals surface area contributed by atoms with Crippen LogP contribution in [0.25, 0.3) is 5.69 Å². The summed E-state index contributed by atoms with van der Waals surface area (Å²) in [7, 11) is 0. The molecule has 7 heteroatoms. The zero-order valence-electron chi connectivity index (χ0n) is 19.6. The fourth-order valence-corrected chi connectivity index (χ4v) is 4.71. The lowest BCUT2D eigenvalue weighted by Crippen LogP contribution is -2.25. The predicted molar refractivity (Wildman–Crippen MR) is 136 cm³/mol. The number of pyridine rings is 1. The van der Waals surface area contributed by atoms with E-state index in [1.54, 1.807) is 6.20 Å². The summed E-state index contributed by atoms with van der Waals surface area (Å²) in [5.41, 5.74) is 2.19. The molecule has 1 fully saturated rings. The Bertz CT molecular complexity index is 1190. The van der Waals surface area contributed by atoms with Crippen LogP contribution in [0.2, 0.25) is 5.02 Å². The Morgan fingerprint density at radius 3 is 2.37 bits per heavy atom. The average molecular weight is 489 g/mol. The van der Waals surface area contributed by atoms with Gasteiger partial charge in [0.2, 0.25) is 5.88 Å². The van der Waals surface area contributed by atoms with E-state index in [4.69, 9.17) is 21.1 Å². The molecule has 5 rings (SSSR count). The summed E-state index contributed by atoms with van der Waals surface area (Å²) >= 11 is 6.16. The third-order valence-corrected chi connectivity index (χ3v) is 6.64. The molecular formula is C28H29ClN4O2. The van der Waals surface area contributed by atoms with Crippen LogP contribution in [0.15, 0.2) is 79.0 Å². The van der Waals surface area contributed by atoms with Crippen molar-refractivity contribution in [1.29, 1.82) is 0 Å². The van der Waals surface area contributed by atoms with Gasteiger partial charge in [0, 0.05) is 35.3 Å². The van der Waals surface area contributed by atoms with Crippen LogP contribution >= 0.6 is 11.6 Å². The summed E-state index contributed by atoms with van der Waals surface area (Å²) in [5.74, 6) is 2.92. The van der Waals surface area contributed by atoms with Gasteiger partial charge in [-0.3, -0.25) is 4.57 Å². The van der Waals surface area contributed by atoms with Gasteiger partial charge in [-0.15, -0.1) is 10.2 Å². The van der Waals surface area contributed by atoms with Crippen LogP contribution in [-0.2, 0) is 17.8 Å². The molecule has 6 nitrogen and oxygen atoms in total. The highest BCUT2D eigenvalue weighted by atomic mass is 35.5. The van der Waals surface area contributed by atoms with Crippen molar-refractivity contribution in [2.75, 3.05) is 6.61 Å². The van der Waals surface area contributed by atoms with Crippen molar-refractivity contribution in [2.24, 2.45) is 0 Å². The van der Waals surface area contributed by atoms with Gasteiger partial charge >= 0.3 is 0 Å². The molecule has 0 saturated heterocycles. The minimum Gasteiger partial charge on any atom is -0.474 e. The first-order chi connectivity index (χ1) is 17.3. The van der Waals surface area contributed by atoms with Crippen molar-refractivity contribution in [1.82, 2.24) is 19.7 Å². The van der Waals surface area contributed by atoms with Crippen molar-refractivity contribution in [2.45, 2.75) is 50.7 Å². The molecular weight excluding hydrogens is 460 g/mol. The zero-order chi connectivity index (χ0) is 23.9. The number of hydrogen-bond donors (Lipinski definition) is 0. The van der Waals surface area contributed by atoms with E-state index in [0.717, 1.165) is 48.6 Å². The highest BCUT2D eigenvalue weighted by molar-refractivity contribution is 6.30. The average Bonchev–Trinajstić information content (AvgIpc) is 3.32. The van der Waals surface area contributed by atoms with E-state index in [0.29, 0.717) is 36.5 Å². The van der Waals surface area contributed by atoms with Crippen LogP contribution in [0.1, 0.15) is 48.8 Å². The number of ether oxygens (including phenoxy) is 2. The molecule has 35 heavy (non-hydrogen) atoms. The lowest BCUT2D eigenvalue weighted by molar-refractivity contribution is 0.122. The molecule has 1 aliphatic carbocycles. The van der Waals surface area contributed by atoms with Gasteiger partial charge in [-0.2, -0.15) is 0 Å². The third kappa shape index (κ3) is 6.08. The quantitative estimate of drug-likeness (QED) is 0.263. The normalized spacial score (nSPS) is 17.9. The zero-order valence-corrected chi connectivity index (χ0v) is 20.3. The number of hydrogen-bond acceptors (Lipinski definition) is 5. The Balaban J connectivity index is 1.27. The van der Waals surface area contributed by atoms with Crippen molar-refractivity contribution >= 4 is 11.6 Å². The molecule has 180 valence electrons. The van der Waals surface area contributed by atoms with Gasteiger partial charge in [-0.25, -0.2) is 4.98 Å². The van der Waals surface area contributed by atoms with Crippen molar-refractivity contribution in [3.05, 3.63) is 101 Å². The summed E-state index contributed by atoms with van der Waals surface area (Å²) in [6, 6.07) is 23.8. The molecule has 0 amide bonds. The molecule has 1 saturated carbocycles. The molecule has 0 radical (unpaired) electrons. The van der Waals surface area contributed by atoms with E-state index >= 15 is 0 Å². The molecule has 0 aliphatic heterocycles. The summed E-state index contributed by atoms with van der Waals surface area (Å²) in [6.45, 7) is 1.16. The minimum absolute atomic E-state index is 0.180. The van der Waals surface area contributed by atoms with Crippen LogP contribution in [0, 0.1) is 0 Å². The van der Waals surface area contributed by atoms with Gasteiger partial charge in [-0.1, -0.05) is 48.0 Å². The van der Waals surface area contributed by atoms with Crippen LogP contribution in [0.5, 0.6) is 5.88 Å². The molecule has 0 bridgehead atoms. The van der Waals surface area contributed by atoms with Gasteiger partial charge < -0.3 is 9.47 Å². The van der Waals surface area contributed by atoms with E-state index in [-0.39, 0.29) is 6.10 Å². The molecule has 2 heterocycles. The minimum atomic E-state index is 0.180. The fraction of sp³-hybridized carbons (Fsp3) is 0.321. The van der Waals surface area contributed by atoms with Gasteiger partial charge in [0.25, 0.3) is 0 Å². The van der Waals surface area contributed by atoms with Crippen LogP contribution in [0.3, 0.4) is 0 Å². The lowest BCUT2D eigenvalue weighted by atomic mass is 9.86. The highest BCUT2D eigenvalue weighted by Crippen LogP contribution is 2.35. The maximum absolute atomic E-state index is 6.16. The number of benzene rings is 2. The number of aromatic nitrogens is 4. The summed E-state index contributed by atoms with van der Waals surface area (Å²) in [4.78, 5) is 4.30. The standard InChI is InChI=1S/C28H29ClN4O2/c29-23-11-13-24(14-12-23)33-26(17-19-34-20-21-6-2-1-3-7-21)31-32-28(33)22-9-15-25(16-10-22)35-27-8-4-5-18-30-27/h1-8,11-14,18,22,25H,9-10,15-17,19-20H2.